The number of sulfonamides is 1. The number of nitrogens with one attached hydrogen (secondary N) is 1. The summed E-state index contributed by atoms with van der Waals surface area (Å²) in [6.45, 7) is 0. The van der Waals surface area contributed by atoms with E-state index in [1.807, 2.05) is 72.8 Å². The Hall–Kier alpha value is -3.20. The minimum absolute atomic E-state index is 0.217. The van der Waals surface area contributed by atoms with E-state index in [0.29, 0.717) is 17.2 Å². The van der Waals surface area contributed by atoms with Crippen molar-refractivity contribution in [2.45, 2.75) is 17.4 Å². The Morgan fingerprint density at radius 1 is 0.821 bits per heavy atom. The normalized spacial score (nSPS) is 12.7. The van der Waals surface area contributed by atoms with Gasteiger partial charge in [0, 0.05) is 17.2 Å². The second-order valence-electron chi connectivity index (χ2n) is 6.64. The summed E-state index contributed by atoms with van der Waals surface area (Å²) < 4.78 is 29.3. The van der Waals surface area contributed by atoms with Crippen molar-refractivity contribution in [3.63, 3.8) is 0 Å². The lowest BCUT2D eigenvalue weighted by Crippen LogP contribution is -2.35. The van der Waals surface area contributed by atoms with Crippen LogP contribution in [0.15, 0.2) is 89.8 Å². The van der Waals surface area contributed by atoms with Crippen LogP contribution in [0.1, 0.15) is 5.56 Å². The van der Waals surface area contributed by atoms with Crippen molar-refractivity contribution >= 4 is 31.6 Å². The third-order valence-electron chi connectivity index (χ3n) is 4.73. The van der Waals surface area contributed by atoms with Crippen molar-refractivity contribution in [3.8, 4) is 6.07 Å². The standard InChI is InChI=1S/C23H18N2O2S/c24-16-20(14-17-8-2-1-3-9-17)25-28(26,27)23-21-12-6-4-10-18(21)15-19-11-5-7-13-22(19)23/h1-13,15,20,25H,14H2. The Morgan fingerprint density at radius 3 is 1.93 bits per heavy atom. The average Bonchev–Trinajstić information content (AvgIpc) is 2.71. The minimum atomic E-state index is -3.92. The summed E-state index contributed by atoms with van der Waals surface area (Å²) in [6.07, 6.45) is 0.305. The summed E-state index contributed by atoms with van der Waals surface area (Å²) in [5, 5.41) is 12.5. The number of hydrogen-bond donors (Lipinski definition) is 1. The number of nitrogens with zero attached hydrogens (tertiary/aromatic N) is 1. The summed E-state index contributed by atoms with van der Waals surface area (Å²) in [6, 6.07) is 27.4. The van der Waals surface area contributed by atoms with Crippen LogP contribution in [0.4, 0.5) is 0 Å². The van der Waals surface area contributed by atoms with Crippen molar-refractivity contribution in [1.82, 2.24) is 4.72 Å². The van der Waals surface area contributed by atoms with Crippen LogP contribution in [-0.4, -0.2) is 14.5 Å². The van der Waals surface area contributed by atoms with Crippen molar-refractivity contribution in [3.05, 3.63) is 90.5 Å². The topological polar surface area (TPSA) is 70.0 Å². The first-order valence-corrected chi connectivity index (χ1v) is 10.4. The molecule has 0 amide bonds. The summed E-state index contributed by atoms with van der Waals surface area (Å²) >= 11 is 0. The van der Waals surface area contributed by atoms with Gasteiger partial charge in [-0.2, -0.15) is 9.98 Å². The molecule has 28 heavy (non-hydrogen) atoms. The highest BCUT2D eigenvalue weighted by atomic mass is 32.2. The second kappa shape index (κ2) is 7.43. The van der Waals surface area contributed by atoms with E-state index in [0.717, 1.165) is 16.3 Å². The Bertz CT molecular complexity index is 1240. The Morgan fingerprint density at radius 2 is 1.36 bits per heavy atom. The summed E-state index contributed by atoms with van der Waals surface area (Å²) in [7, 11) is -3.92. The van der Waals surface area contributed by atoms with Crippen LogP contribution in [0.2, 0.25) is 0 Å². The minimum Gasteiger partial charge on any atom is -0.207 e. The maximum atomic E-state index is 13.4. The van der Waals surface area contributed by atoms with Crippen LogP contribution in [0.25, 0.3) is 21.5 Å². The quantitative estimate of drug-likeness (QED) is 0.517. The Labute approximate surface area is 164 Å². The molecule has 0 aliphatic rings. The molecule has 0 radical (unpaired) electrons. The van der Waals surface area contributed by atoms with E-state index in [9.17, 15) is 13.7 Å². The second-order valence-corrected chi connectivity index (χ2v) is 8.29. The van der Waals surface area contributed by atoms with Crippen molar-refractivity contribution in [2.75, 3.05) is 0 Å². The van der Waals surface area contributed by atoms with Crippen LogP contribution in [0, 0.1) is 11.3 Å². The van der Waals surface area contributed by atoms with Gasteiger partial charge in [0.25, 0.3) is 0 Å². The van der Waals surface area contributed by atoms with Gasteiger partial charge in [-0.1, -0.05) is 78.9 Å². The van der Waals surface area contributed by atoms with Crippen LogP contribution in [0.3, 0.4) is 0 Å². The number of rotatable bonds is 5. The largest absolute Gasteiger partial charge is 0.242 e. The molecule has 0 spiro atoms. The molecule has 0 fully saturated rings. The molecule has 4 rings (SSSR count). The predicted molar refractivity (Wildman–Crippen MR) is 111 cm³/mol. The first kappa shape index (κ1) is 18.2. The summed E-state index contributed by atoms with van der Waals surface area (Å²) in [5.74, 6) is 0. The van der Waals surface area contributed by atoms with Crippen LogP contribution < -0.4 is 4.72 Å². The van der Waals surface area contributed by atoms with E-state index in [1.165, 1.54) is 0 Å². The third kappa shape index (κ3) is 3.48. The monoisotopic (exact) mass is 386 g/mol. The average molecular weight is 386 g/mol. The van der Waals surface area contributed by atoms with Gasteiger partial charge in [0.05, 0.1) is 11.0 Å². The van der Waals surface area contributed by atoms with Gasteiger partial charge in [0.2, 0.25) is 10.0 Å². The van der Waals surface area contributed by atoms with Gasteiger partial charge in [-0.25, -0.2) is 8.42 Å². The predicted octanol–water partition coefficient (Wildman–Crippen LogP) is 4.41. The zero-order valence-electron chi connectivity index (χ0n) is 15.0. The summed E-state index contributed by atoms with van der Waals surface area (Å²) in [4.78, 5) is 0.217. The fourth-order valence-electron chi connectivity index (χ4n) is 3.47. The molecule has 0 aliphatic heterocycles. The lowest BCUT2D eigenvalue weighted by atomic mass is 10.0. The van der Waals surface area contributed by atoms with Crippen LogP contribution in [0.5, 0.6) is 0 Å². The Balaban J connectivity index is 1.82. The molecular weight excluding hydrogens is 368 g/mol. The van der Waals surface area contributed by atoms with Gasteiger partial charge in [-0.3, -0.25) is 0 Å². The fourth-order valence-corrected chi connectivity index (χ4v) is 5.05. The molecule has 4 nitrogen and oxygen atoms in total. The maximum Gasteiger partial charge on any atom is 0.242 e. The molecule has 0 heterocycles. The highest BCUT2D eigenvalue weighted by Gasteiger charge is 2.24. The molecular formula is C23H18N2O2S. The molecule has 1 atom stereocenters. The van der Waals surface area contributed by atoms with Crippen molar-refractivity contribution in [1.29, 1.82) is 5.26 Å². The van der Waals surface area contributed by atoms with E-state index < -0.39 is 16.1 Å². The SMILES string of the molecule is N#CC(Cc1ccccc1)NS(=O)(=O)c1c2ccccc2cc2ccccc12. The van der Waals surface area contributed by atoms with E-state index in [1.54, 1.807) is 12.1 Å². The van der Waals surface area contributed by atoms with E-state index in [-0.39, 0.29) is 4.90 Å². The fraction of sp³-hybridized carbons (Fsp3) is 0.0870. The zero-order valence-corrected chi connectivity index (χ0v) is 15.9. The van der Waals surface area contributed by atoms with Gasteiger partial charge >= 0.3 is 0 Å². The highest BCUT2D eigenvalue weighted by Crippen LogP contribution is 2.32. The summed E-state index contributed by atoms with van der Waals surface area (Å²) in [5.41, 5.74) is 0.902. The van der Waals surface area contributed by atoms with Crippen molar-refractivity contribution in [2.24, 2.45) is 0 Å². The number of nitriles is 1. The number of hydrogen-bond acceptors (Lipinski definition) is 3. The Kier molecular flexibility index (Phi) is 4.82. The molecule has 4 aromatic carbocycles. The van der Waals surface area contributed by atoms with E-state index >= 15 is 0 Å². The van der Waals surface area contributed by atoms with Crippen LogP contribution in [-0.2, 0) is 16.4 Å². The number of benzene rings is 4. The van der Waals surface area contributed by atoms with Gasteiger partial charge in [-0.15, -0.1) is 0 Å². The molecule has 1 N–H and O–H groups in total. The first-order valence-electron chi connectivity index (χ1n) is 8.95. The zero-order chi connectivity index (χ0) is 19.6. The molecule has 0 saturated heterocycles. The van der Waals surface area contributed by atoms with Crippen LogP contribution >= 0.6 is 0 Å². The smallest absolute Gasteiger partial charge is 0.207 e. The first-order chi connectivity index (χ1) is 13.6. The molecule has 0 bridgehead atoms. The molecule has 0 aromatic heterocycles. The molecule has 0 saturated carbocycles. The molecule has 0 aliphatic carbocycles. The molecule has 1 unspecified atom stereocenters. The molecule has 4 aromatic rings. The van der Waals surface area contributed by atoms with Gasteiger partial charge in [0.1, 0.15) is 6.04 Å². The lowest BCUT2D eigenvalue weighted by molar-refractivity contribution is 0.573. The van der Waals surface area contributed by atoms with E-state index in [4.69, 9.17) is 0 Å². The third-order valence-corrected chi connectivity index (χ3v) is 6.30. The molecule has 5 heteroatoms. The van der Waals surface area contributed by atoms with Gasteiger partial charge < -0.3 is 0 Å². The highest BCUT2D eigenvalue weighted by molar-refractivity contribution is 7.90. The van der Waals surface area contributed by atoms with Gasteiger partial charge in [-0.05, 0) is 22.4 Å². The van der Waals surface area contributed by atoms with Gasteiger partial charge in [0.15, 0.2) is 0 Å². The van der Waals surface area contributed by atoms with E-state index in [2.05, 4.69) is 10.8 Å². The lowest BCUT2D eigenvalue weighted by Gasteiger charge is -2.16. The maximum absolute atomic E-state index is 13.4. The molecule has 138 valence electrons. The number of fused-ring (bicyclic) bond motifs is 2. The van der Waals surface area contributed by atoms with Crippen molar-refractivity contribution < 1.29 is 8.42 Å².